The third kappa shape index (κ3) is 6.83. The van der Waals surface area contributed by atoms with E-state index in [-0.39, 0.29) is 23.7 Å². The van der Waals surface area contributed by atoms with Crippen molar-refractivity contribution in [3.05, 3.63) is 94.4 Å². The van der Waals surface area contributed by atoms with Crippen LogP contribution in [-0.4, -0.2) is 41.9 Å². The number of alkyl halides is 3. The van der Waals surface area contributed by atoms with Gasteiger partial charge in [0.25, 0.3) is 5.91 Å². The van der Waals surface area contributed by atoms with Crippen LogP contribution in [0, 0.1) is 25.7 Å². The average molecular weight is 513 g/mol. The van der Waals surface area contributed by atoms with Gasteiger partial charge in [-0.2, -0.15) is 13.2 Å². The Morgan fingerprint density at radius 3 is 2.41 bits per heavy atom. The van der Waals surface area contributed by atoms with E-state index >= 15 is 0 Å². The largest absolute Gasteiger partial charge is 0.465 e. The van der Waals surface area contributed by atoms with Crippen LogP contribution in [0.25, 0.3) is 0 Å². The first kappa shape index (κ1) is 27.0. The summed E-state index contributed by atoms with van der Waals surface area (Å²) in [4.78, 5) is 17.6. The van der Waals surface area contributed by atoms with Crippen LogP contribution < -0.4 is 0 Å². The van der Waals surface area contributed by atoms with Crippen molar-refractivity contribution in [2.24, 2.45) is 11.8 Å². The van der Waals surface area contributed by atoms with Crippen molar-refractivity contribution in [1.82, 2.24) is 9.80 Å². The molecule has 0 saturated carbocycles. The average Bonchev–Trinajstić information content (AvgIpc) is 3.43. The molecule has 4 nitrogen and oxygen atoms in total. The van der Waals surface area contributed by atoms with E-state index in [1.807, 2.05) is 55.1 Å². The standard InChI is InChI=1S/C30H35F3N2O2/c1-20(2)15-35(29(36)23-11-8-21(3)9-12-23)17-25-16-34(18-27-13-10-22(4)37-27)19-28(25)24-6-5-7-26(14-24)30(31,32)33/h5-14,20,25,28H,15-19H2,1-4H3. The van der Waals surface area contributed by atoms with Crippen molar-refractivity contribution in [2.75, 3.05) is 26.2 Å². The summed E-state index contributed by atoms with van der Waals surface area (Å²) >= 11 is 0. The van der Waals surface area contributed by atoms with Gasteiger partial charge in [0.15, 0.2) is 0 Å². The second-order valence-electron chi connectivity index (χ2n) is 10.7. The Kier molecular flexibility index (Phi) is 8.12. The molecule has 2 unspecified atom stereocenters. The smallest absolute Gasteiger partial charge is 0.416 e. The molecule has 3 aromatic rings. The Morgan fingerprint density at radius 2 is 1.78 bits per heavy atom. The molecule has 0 aliphatic carbocycles. The molecule has 0 bridgehead atoms. The van der Waals surface area contributed by atoms with Gasteiger partial charge in [0.1, 0.15) is 11.5 Å². The van der Waals surface area contributed by atoms with E-state index in [2.05, 4.69) is 18.7 Å². The quantitative estimate of drug-likeness (QED) is 0.328. The Labute approximate surface area is 217 Å². The van der Waals surface area contributed by atoms with E-state index < -0.39 is 11.7 Å². The number of aryl methyl sites for hydroxylation is 2. The molecule has 1 amide bonds. The van der Waals surface area contributed by atoms with Gasteiger partial charge in [0, 0.05) is 37.7 Å². The number of carbonyl (C=O) groups is 1. The van der Waals surface area contributed by atoms with E-state index in [4.69, 9.17) is 4.42 Å². The molecular weight excluding hydrogens is 477 g/mol. The molecule has 2 aromatic carbocycles. The number of likely N-dealkylation sites (tertiary alicyclic amines) is 1. The minimum atomic E-state index is -4.40. The number of rotatable bonds is 8. The molecule has 198 valence electrons. The topological polar surface area (TPSA) is 36.7 Å². The lowest BCUT2D eigenvalue weighted by molar-refractivity contribution is -0.137. The Bertz CT molecular complexity index is 1200. The molecule has 0 radical (unpaired) electrons. The third-order valence-corrected chi connectivity index (χ3v) is 6.96. The van der Waals surface area contributed by atoms with Crippen LogP contribution in [0.1, 0.15) is 58.3 Å². The number of hydrogen-bond acceptors (Lipinski definition) is 3. The van der Waals surface area contributed by atoms with E-state index in [0.717, 1.165) is 23.2 Å². The summed E-state index contributed by atoms with van der Waals surface area (Å²) in [6.45, 7) is 10.9. The summed E-state index contributed by atoms with van der Waals surface area (Å²) in [6, 6.07) is 17.0. The molecule has 7 heteroatoms. The van der Waals surface area contributed by atoms with E-state index in [1.165, 1.54) is 12.1 Å². The van der Waals surface area contributed by atoms with Gasteiger partial charge in [-0.1, -0.05) is 49.7 Å². The maximum Gasteiger partial charge on any atom is 0.416 e. The molecule has 0 N–H and O–H groups in total. The number of hydrogen-bond donors (Lipinski definition) is 0. The van der Waals surface area contributed by atoms with Gasteiger partial charge in [0.05, 0.1) is 12.1 Å². The summed E-state index contributed by atoms with van der Waals surface area (Å²) in [6.07, 6.45) is -4.40. The fraction of sp³-hybridized carbons (Fsp3) is 0.433. The van der Waals surface area contributed by atoms with Gasteiger partial charge < -0.3 is 9.32 Å². The Balaban J connectivity index is 1.62. The first-order valence-electron chi connectivity index (χ1n) is 12.8. The highest BCUT2D eigenvalue weighted by molar-refractivity contribution is 5.94. The number of carbonyl (C=O) groups excluding carboxylic acids is 1. The molecular formula is C30H35F3N2O2. The number of benzene rings is 2. The zero-order valence-electron chi connectivity index (χ0n) is 21.9. The van der Waals surface area contributed by atoms with E-state index in [0.29, 0.717) is 43.9 Å². The molecule has 2 heterocycles. The van der Waals surface area contributed by atoms with Gasteiger partial charge >= 0.3 is 6.18 Å². The van der Waals surface area contributed by atoms with Crippen molar-refractivity contribution in [3.63, 3.8) is 0 Å². The van der Waals surface area contributed by atoms with Crippen molar-refractivity contribution in [3.8, 4) is 0 Å². The second-order valence-corrected chi connectivity index (χ2v) is 10.7. The normalized spacial score (nSPS) is 18.5. The van der Waals surface area contributed by atoms with Gasteiger partial charge in [0.2, 0.25) is 0 Å². The fourth-order valence-corrected chi connectivity index (χ4v) is 5.23. The van der Waals surface area contributed by atoms with Crippen LogP contribution in [0.4, 0.5) is 13.2 Å². The van der Waals surface area contributed by atoms with Crippen molar-refractivity contribution in [2.45, 2.75) is 46.3 Å². The minimum absolute atomic E-state index is 0.0207. The maximum absolute atomic E-state index is 13.5. The molecule has 4 rings (SSSR count). The maximum atomic E-state index is 13.5. The minimum Gasteiger partial charge on any atom is -0.465 e. The van der Waals surface area contributed by atoms with Crippen molar-refractivity contribution in [1.29, 1.82) is 0 Å². The van der Waals surface area contributed by atoms with Crippen molar-refractivity contribution >= 4 is 5.91 Å². The second kappa shape index (κ2) is 11.1. The highest BCUT2D eigenvalue weighted by Gasteiger charge is 2.38. The predicted molar refractivity (Wildman–Crippen MR) is 138 cm³/mol. The lowest BCUT2D eigenvalue weighted by Gasteiger charge is -2.30. The fourth-order valence-electron chi connectivity index (χ4n) is 5.23. The third-order valence-electron chi connectivity index (χ3n) is 6.96. The van der Waals surface area contributed by atoms with Crippen LogP contribution >= 0.6 is 0 Å². The number of amides is 1. The Morgan fingerprint density at radius 1 is 1.05 bits per heavy atom. The highest BCUT2D eigenvalue weighted by Crippen LogP contribution is 2.37. The summed E-state index contributed by atoms with van der Waals surface area (Å²) in [5.41, 5.74) is 1.72. The summed E-state index contributed by atoms with van der Waals surface area (Å²) in [5, 5.41) is 0. The van der Waals surface area contributed by atoms with E-state index in [1.54, 1.807) is 6.07 Å². The molecule has 1 aliphatic rings. The summed E-state index contributed by atoms with van der Waals surface area (Å²) in [5.74, 6) is 1.70. The molecule has 37 heavy (non-hydrogen) atoms. The lowest BCUT2D eigenvalue weighted by Crippen LogP contribution is -2.39. The van der Waals surface area contributed by atoms with Crippen molar-refractivity contribution < 1.29 is 22.4 Å². The zero-order valence-corrected chi connectivity index (χ0v) is 21.9. The highest BCUT2D eigenvalue weighted by atomic mass is 19.4. The van der Waals surface area contributed by atoms with Crippen LogP contribution in [0.3, 0.4) is 0 Å². The SMILES string of the molecule is Cc1ccc(C(=O)N(CC(C)C)CC2CN(Cc3ccc(C)o3)CC2c2cccc(C(F)(F)F)c2)cc1. The van der Waals surface area contributed by atoms with Crippen LogP contribution in [0.2, 0.25) is 0 Å². The molecule has 1 aromatic heterocycles. The monoisotopic (exact) mass is 512 g/mol. The van der Waals surface area contributed by atoms with Gasteiger partial charge in [-0.05, 0) is 61.6 Å². The van der Waals surface area contributed by atoms with Crippen LogP contribution in [0.5, 0.6) is 0 Å². The molecule has 1 aliphatic heterocycles. The zero-order chi connectivity index (χ0) is 26.7. The predicted octanol–water partition coefficient (Wildman–Crippen LogP) is 6.93. The number of furan rings is 1. The summed E-state index contributed by atoms with van der Waals surface area (Å²) in [7, 11) is 0. The molecule has 1 saturated heterocycles. The number of halogens is 3. The molecule has 2 atom stereocenters. The van der Waals surface area contributed by atoms with Crippen LogP contribution in [-0.2, 0) is 12.7 Å². The summed E-state index contributed by atoms with van der Waals surface area (Å²) < 4.78 is 46.3. The first-order valence-corrected chi connectivity index (χ1v) is 12.8. The van der Waals surface area contributed by atoms with Gasteiger partial charge in [-0.3, -0.25) is 9.69 Å². The van der Waals surface area contributed by atoms with Gasteiger partial charge in [-0.25, -0.2) is 0 Å². The number of nitrogens with zero attached hydrogens (tertiary/aromatic N) is 2. The lowest BCUT2D eigenvalue weighted by atomic mass is 9.87. The molecule has 1 fully saturated rings. The first-order chi connectivity index (χ1) is 17.5. The van der Waals surface area contributed by atoms with Gasteiger partial charge in [-0.15, -0.1) is 0 Å². The van der Waals surface area contributed by atoms with E-state index in [9.17, 15) is 18.0 Å². The molecule has 0 spiro atoms. The van der Waals surface area contributed by atoms with Crippen LogP contribution in [0.15, 0.2) is 65.1 Å². The Hall–Kier alpha value is -3.06.